The van der Waals surface area contributed by atoms with Gasteiger partial charge in [0, 0.05) is 25.4 Å². The van der Waals surface area contributed by atoms with Crippen molar-refractivity contribution < 1.29 is 17.7 Å². The van der Waals surface area contributed by atoms with Gasteiger partial charge in [0.05, 0.1) is 29.2 Å². The summed E-state index contributed by atoms with van der Waals surface area (Å²) in [7, 11) is 1.55. The molecule has 1 aromatic carbocycles. The van der Waals surface area contributed by atoms with Crippen LogP contribution in [-0.4, -0.2) is 27.9 Å². The molecule has 0 bridgehead atoms. The third-order valence-electron chi connectivity index (χ3n) is 4.92. The van der Waals surface area contributed by atoms with Crippen LogP contribution in [0.15, 0.2) is 39.8 Å². The number of halogens is 4. The number of hydrogen-bond acceptors (Lipinski definition) is 4. The maximum absolute atomic E-state index is 13.8. The second kappa shape index (κ2) is 11.0. The maximum Gasteiger partial charge on any atom is 0.416 e. The number of rotatable bonds is 6. The normalized spacial score (nSPS) is 12.1. The average Bonchev–Trinajstić information content (AvgIpc) is 3.33. The van der Waals surface area contributed by atoms with Gasteiger partial charge in [-0.2, -0.15) is 18.3 Å². The van der Waals surface area contributed by atoms with E-state index in [1.807, 2.05) is 26.0 Å². The third-order valence-corrected chi connectivity index (χ3v) is 4.92. The zero-order chi connectivity index (χ0) is 23.5. The van der Waals surface area contributed by atoms with Gasteiger partial charge in [0.1, 0.15) is 0 Å². The number of aromatic nitrogens is 3. The molecule has 0 spiro atoms. The summed E-state index contributed by atoms with van der Waals surface area (Å²) in [6, 6.07) is 7.86. The van der Waals surface area contributed by atoms with Crippen LogP contribution >= 0.6 is 24.0 Å². The molecule has 3 rings (SSSR count). The second-order valence-corrected chi connectivity index (χ2v) is 7.83. The highest BCUT2D eigenvalue weighted by Crippen LogP contribution is 2.33. The molecule has 0 aliphatic rings. The number of nitrogens with zero attached hydrogens (tertiary/aromatic N) is 4. The van der Waals surface area contributed by atoms with Gasteiger partial charge in [-0.15, -0.1) is 24.0 Å². The summed E-state index contributed by atoms with van der Waals surface area (Å²) < 4.78 is 48.1. The van der Waals surface area contributed by atoms with Crippen LogP contribution in [0, 0.1) is 13.8 Å². The Hall–Kier alpha value is -2.57. The molecule has 0 aliphatic heterocycles. The lowest BCUT2D eigenvalue weighted by Gasteiger charge is -2.17. The van der Waals surface area contributed by atoms with Gasteiger partial charge >= 0.3 is 6.18 Å². The number of benzene rings is 1. The lowest BCUT2D eigenvalue weighted by atomic mass is 10.1. The van der Waals surface area contributed by atoms with Crippen LogP contribution in [-0.2, 0) is 19.3 Å². The summed E-state index contributed by atoms with van der Waals surface area (Å²) >= 11 is 0. The van der Waals surface area contributed by atoms with Crippen molar-refractivity contribution in [3.8, 4) is 5.69 Å². The SMILES string of the molecule is CN=C(NCc1cc(C(C)C)no1)NCc1ccc(-n2nc(C)cc2C)cc1C(F)(F)F.I. The van der Waals surface area contributed by atoms with Crippen molar-refractivity contribution in [1.29, 1.82) is 0 Å². The van der Waals surface area contributed by atoms with Crippen molar-refractivity contribution in [2.45, 2.75) is 52.9 Å². The average molecular weight is 576 g/mol. The first-order valence-corrected chi connectivity index (χ1v) is 10.2. The van der Waals surface area contributed by atoms with Crippen LogP contribution in [0.3, 0.4) is 0 Å². The highest BCUT2D eigenvalue weighted by Gasteiger charge is 2.34. The van der Waals surface area contributed by atoms with Crippen molar-refractivity contribution in [3.63, 3.8) is 0 Å². The largest absolute Gasteiger partial charge is 0.416 e. The first kappa shape index (κ1) is 26.7. The van der Waals surface area contributed by atoms with E-state index in [2.05, 4.69) is 25.9 Å². The molecule has 0 radical (unpaired) electrons. The molecule has 0 fully saturated rings. The summed E-state index contributed by atoms with van der Waals surface area (Å²) in [5, 5.41) is 14.2. The second-order valence-electron chi connectivity index (χ2n) is 7.83. The molecule has 0 atom stereocenters. The van der Waals surface area contributed by atoms with E-state index in [9.17, 15) is 13.2 Å². The quantitative estimate of drug-likeness (QED) is 0.243. The predicted octanol–water partition coefficient (Wildman–Crippen LogP) is 5.10. The fourth-order valence-electron chi connectivity index (χ4n) is 3.26. The number of guanidine groups is 1. The maximum atomic E-state index is 13.8. The van der Waals surface area contributed by atoms with E-state index in [1.54, 1.807) is 27.0 Å². The van der Waals surface area contributed by atoms with Crippen LogP contribution in [0.2, 0.25) is 0 Å². The Kier molecular flexibility index (Phi) is 8.92. The molecule has 0 saturated carbocycles. The monoisotopic (exact) mass is 576 g/mol. The van der Waals surface area contributed by atoms with E-state index in [-0.39, 0.29) is 42.0 Å². The van der Waals surface area contributed by atoms with E-state index < -0.39 is 11.7 Å². The Morgan fingerprint density at radius 3 is 2.36 bits per heavy atom. The Morgan fingerprint density at radius 1 is 1.12 bits per heavy atom. The van der Waals surface area contributed by atoms with Crippen molar-refractivity contribution in [1.82, 2.24) is 25.6 Å². The summed E-state index contributed by atoms with van der Waals surface area (Å²) in [5.41, 5.74) is 2.08. The zero-order valence-electron chi connectivity index (χ0n) is 19.1. The number of aryl methyl sites for hydroxylation is 2. The molecule has 0 saturated heterocycles. The van der Waals surface area contributed by atoms with Crippen molar-refractivity contribution in [2.24, 2.45) is 4.99 Å². The number of aliphatic imine (C=N–C) groups is 1. The van der Waals surface area contributed by atoms with Gasteiger partial charge in [0.15, 0.2) is 11.7 Å². The molecule has 2 aromatic heterocycles. The highest BCUT2D eigenvalue weighted by atomic mass is 127. The molecule has 3 aromatic rings. The van der Waals surface area contributed by atoms with Gasteiger partial charge in [-0.05, 0) is 43.5 Å². The fourth-order valence-corrected chi connectivity index (χ4v) is 3.26. The minimum absolute atomic E-state index is 0. The van der Waals surface area contributed by atoms with Gasteiger partial charge in [-0.25, -0.2) is 4.68 Å². The lowest BCUT2D eigenvalue weighted by molar-refractivity contribution is -0.138. The predicted molar refractivity (Wildman–Crippen MR) is 131 cm³/mol. The molecule has 0 aliphatic carbocycles. The van der Waals surface area contributed by atoms with E-state index in [4.69, 9.17) is 4.52 Å². The lowest BCUT2D eigenvalue weighted by Crippen LogP contribution is -2.36. The first-order chi connectivity index (χ1) is 15.1. The summed E-state index contributed by atoms with van der Waals surface area (Å²) in [6.07, 6.45) is -4.51. The Labute approximate surface area is 207 Å². The molecule has 7 nitrogen and oxygen atoms in total. The summed E-state index contributed by atoms with van der Waals surface area (Å²) in [6.45, 7) is 7.87. The molecule has 33 heavy (non-hydrogen) atoms. The highest BCUT2D eigenvalue weighted by molar-refractivity contribution is 14.0. The van der Waals surface area contributed by atoms with Gasteiger partial charge in [0.2, 0.25) is 0 Å². The molecule has 2 heterocycles. The van der Waals surface area contributed by atoms with Crippen LogP contribution in [0.4, 0.5) is 13.2 Å². The van der Waals surface area contributed by atoms with Crippen molar-refractivity contribution in [3.05, 3.63) is 64.3 Å². The molecule has 0 unspecified atom stereocenters. The number of hydrogen-bond donors (Lipinski definition) is 2. The van der Waals surface area contributed by atoms with Gasteiger partial charge < -0.3 is 15.2 Å². The van der Waals surface area contributed by atoms with Gasteiger partial charge in [-0.1, -0.05) is 25.1 Å². The van der Waals surface area contributed by atoms with Crippen LogP contribution in [0.1, 0.15) is 53.7 Å². The van der Waals surface area contributed by atoms with E-state index in [0.717, 1.165) is 23.1 Å². The minimum Gasteiger partial charge on any atom is -0.359 e. The molecule has 180 valence electrons. The molecular formula is C22H28F3IN6O. The van der Waals surface area contributed by atoms with Crippen LogP contribution in [0.25, 0.3) is 5.69 Å². The standard InChI is InChI=1S/C22H27F3N6O.HI/c1-13(2)20-10-18(32-30-20)12-28-21(26-5)27-11-16-6-7-17(9-19(16)22(23,24)25)31-15(4)8-14(3)29-31;/h6-10,13H,11-12H2,1-5H3,(H2,26,27,28);1H. The third kappa shape index (κ3) is 6.71. The van der Waals surface area contributed by atoms with Gasteiger partial charge in [0.25, 0.3) is 0 Å². The topological polar surface area (TPSA) is 80.3 Å². The zero-order valence-corrected chi connectivity index (χ0v) is 21.4. The van der Waals surface area contributed by atoms with Crippen molar-refractivity contribution in [2.75, 3.05) is 7.05 Å². The van der Waals surface area contributed by atoms with E-state index >= 15 is 0 Å². The van der Waals surface area contributed by atoms with E-state index in [0.29, 0.717) is 24.0 Å². The molecule has 11 heteroatoms. The Bertz CT molecular complexity index is 1100. The van der Waals surface area contributed by atoms with Crippen LogP contribution < -0.4 is 10.6 Å². The Balaban J connectivity index is 0.00000385. The van der Waals surface area contributed by atoms with E-state index in [1.165, 1.54) is 10.7 Å². The van der Waals surface area contributed by atoms with Crippen molar-refractivity contribution >= 4 is 29.9 Å². The fraction of sp³-hybridized carbons (Fsp3) is 0.409. The molecule has 0 amide bonds. The number of alkyl halides is 3. The molecular weight excluding hydrogens is 548 g/mol. The summed E-state index contributed by atoms with van der Waals surface area (Å²) in [5.74, 6) is 1.20. The smallest absolute Gasteiger partial charge is 0.359 e. The number of nitrogens with one attached hydrogen (secondary N) is 2. The molecule has 2 N–H and O–H groups in total. The first-order valence-electron chi connectivity index (χ1n) is 10.2. The van der Waals surface area contributed by atoms with Gasteiger partial charge in [-0.3, -0.25) is 4.99 Å². The van der Waals surface area contributed by atoms with Crippen LogP contribution in [0.5, 0.6) is 0 Å². The summed E-state index contributed by atoms with van der Waals surface area (Å²) in [4.78, 5) is 4.07. The Morgan fingerprint density at radius 2 is 1.82 bits per heavy atom. The minimum atomic E-state index is -4.51.